The molecule has 25 heavy (non-hydrogen) atoms. The molecule has 1 atom stereocenters. The smallest absolute Gasteiger partial charge is 0.416 e. The standard InChI is InChI=1S/C17H17F3N2O3/c1-9-13(15(23)25-2)14(21-16(24)22(9)10-7-8-10)11-5-3-4-6-12(11)17(18,19)20/h3-6,10,14H,7-8H2,1-2H3,(H,21,24). The molecule has 0 aromatic heterocycles. The molecule has 1 saturated carbocycles. The van der Waals surface area contributed by atoms with E-state index < -0.39 is 29.8 Å². The van der Waals surface area contributed by atoms with Gasteiger partial charge in [0.05, 0.1) is 24.3 Å². The minimum atomic E-state index is -4.61. The van der Waals surface area contributed by atoms with E-state index in [4.69, 9.17) is 4.74 Å². The second kappa shape index (κ2) is 6.09. The van der Waals surface area contributed by atoms with Crippen LogP contribution in [0.3, 0.4) is 0 Å². The monoisotopic (exact) mass is 354 g/mol. The van der Waals surface area contributed by atoms with Crippen LogP contribution in [-0.2, 0) is 15.7 Å². The maximum absolute atomic E-state index is 13.4. The molecule has 1 aromatic rings. The molecule has 0 spiro atoms. The number of nitrogens with one attached hydrogen (secondary N) is 1. The van der Waals surface area contributed by atoms with Crippen molar-refractivity contribution in [3.63, 3.8) is 0 Å². The molecule has 1 aromatic carbocycles. The summed E-state index contributed by atoms with van der Waals surface area (Å²) < 4.78 is 44.9. The van der Waals surface area contributed by atoms with Gasteiger partial charge in [-0.05, 0) is 31.4 Å². The summed E-state index contributed by atoms with van der Waals surface area (Å²) in [5.74, 6) is -0.759. The van der Waals surface area contributed by atoms with E-state index in [2.05, 4.69) is 5.32 Å². The van der Waals surface area contributed by atoms with E-state index >= 15 is 0 Å². The van der Waals surface area contributed by atoms with Gasteiger partial charge < -0.3 is 10.1 Å². The number of esters is 1. The lowest BCUT2D eigenvalue weighted by atomic mass is 9.91. The fourth-order valence-electron chi connectivity index (χ4n) is 3.14. The molecule has 1 heterocycles. The Bertz CT molecular complexity index is 754. The normalized spacial score (nSPS) is 21.2. The number of alkyl halides is 3. The molecule has 134 valence electrons. The number of hydrogen-bond acceptors (Lipinski definition) is 3. The number of carbonyl (C=O) groups excluding carboxylic acids is 2. The van der Waals surface area contributed by atoms with E-state index in [1.165, 1.54) is 23.1 Å². The number of halogens is 3. The third-order valence-electron chi connectivity index (χ3n) is 4.42. The van der Waals surface area contributed by atoms with Crippen LogP contribution in [0.25, 0.3) is 0 Å². The first kappa shape index (κ1) is 17.3. The summed E-state index contributed by atoms with van der Waals surface area (Å²) in [6.45, 7) is 1.56. The van der Waals surface area contributed by atoms with Crippen molar-refractivity contribution in [2.75, 3.05) is 7.11 Å². The van der Waals surface area contributed by atoms with Gasteiger partial charge >= 0.3 is 18.2 Å². The molecule has 1 fully saturated rings. The quantitative estimate of drug-likeness (QED) is 0.847. The minimum absolute atomic E-state index is 0.0192. The molecule has 1 N–H and O–H groups in total. The topological polar surface area (TPSA) is 58.6 Å². The summed E-state index contributed by atoms with van der Waals surface area (Å²) in [6, 6.07) is 3.15. The molecule has 0 bridgehead atoms. The van der Waals surface area contributed by atoms with Gasteiger partial charge in [-0.25, -0.2) is 9.59 Å². The van der Waals surface area contributed by atoms with Crippen molar-refractivity contribution in [3.8, 4) is 0 Å². The third-order valence-corrected chi connectivity index (χ3v) is 4.42. The van der Waals surface area contributed by atoms with Gasteiger partial charge in [-0.3, -0.25) is 4.90 Å². The SMILES string of the molecule is COC(=O)C1=C(C)N(C2CC2)C(=O)NC1c1ccccc1C(F)(F)F. The lowest BCUT2D eigenvalue weighted by Crippen LogP contribution is -2.49. The number of amides is 2. The highest BCUT2D eigenvalue weighted by Crippen LogP contribution is 2.41. The molecule has 5 nitrogen and oxygen atoms in total. The van der Waals surface area contributed by atoms with Gasteiger partial charge in [0.25, 0.3) is 0 Å². The van der Waals surface area contributed by atoms with E-state index in [-0.39, 0.29) is 17.2 Å². The highest BCUT2D eigenvalue weighted by Gasteiger charge is 2.44. The zero-order chi connectivity index (χ0) is 18.4. The Kier molecular flexibility index (Phi) is 4.22. The van der Waals surface area contributed by atoms with Crippen LogP contribution in [0.15, 0.2) is 35.5 Å². The van der Waals surface area contributed by atoms with Crippen LogP contribution in [-0.4, -0.2) is 30.1 Å². The van der Waals surface area contributed by atoms with Crippen molar-refractivity contribution in [3.05, 3.63) is 46.7 Å². The minimum Gasteiger partial charge on any atom is -0.466 e. The predicted molar refractivity (Wildman–Crippen MR) is 82.3 cm³/mol. The molecule has 2 aliphatic rings. The van der Waals surface area contributed by atoms with Crippen LogP contribution < -0.4 is 5.32 Å². The van der Waals surface area contributed by atoms with Gasteiger partial charge in [0.1, 0.15) is 0 Å². The van der Waals surface area contributed by atoms with Gasteiger partial charge in [0.2, 0.25) is 0 Å². The van der Waals surface area contributed by atoms with E-state index in [1.807, 2.05) is 0 Å². The zero-order valence-corrected chi connectivity index (χ0v) is 13.7. The number of allylic oxidation sites excluding steroid dienone is 1. The van der Waals surface area contributed by atoms with Crippen molar-refractivity contribution in [2.24, 2.45) is 0 Å². The lowest BCUT2D eigenvalue weighted by Gasteiger charge is -2.36. The van der Waals surface area contributed by atoms with Crippen LogP contribution in [0.5, 0.6) is 0 Å². The number of nitrogens with zero attached hydrogens (tertiary/aromatic N) is 1. The van der Waals surface area contributed by atoms with Crippen LogP contribution in [0.2, 0.25) is 0 Å². The molecular formula is C17H17F3N2O3. The Morgan fingerprint density at radius 1 is 1.28 bits per heavy atom. The fraction of sp³-hybridized carbons (Fsp3) is 0.412. The first-order valence-corrected chi connectivity index (χ1v) is 7.80. The van der Waals surface area contributed by atoms with Crippen LogP contribution >= 0.6 is 0 Å². The zero-order valence-electron chi connectivity index (χ0n) is 13.7. The summed E-state index contributed by atoms with van der Waals surface area (Å²) in [5.41, 5.74) is -0.723. The number of ether oxygens (including phenoxy) is 1. The van der Waals surface area contributed by atoms with Crippen molar-refractivity contribution < 1.29 is 27.5 Å². The van der Waals surface area contributed by atoms with Gasteiger partial charge in [0, 0.05) is 11.7 Å². The second-order valence-electron chi connectivity index (χ2n) is 6.06. The Balaban J connectivity index is 2.15. The molecule has 2 amide bonds. The lowest BCUT2D eigenvalue weighted by molar-refractivity contribution is -0.140. The number of hydrogen-bond donors (Lipinski definition) is 1. The average molecular weight is 354 g/mol. The van der Waals surface area contributed by atoms with Gasteiger partial charge in [-0.1, -0.05) is 18.2 Å². The van der Waals surface area contributed by atoms with Crippen molar-refractivity contribution in [2.45, 2.75) is 38.0 Å². The first-order chi connectivity index (χ1) is 11.8. The van der Waals surface area contributed by atoms with Crippen LogP contribution in [0, 0.1) is 0 Å². The average Bonchev–Trinajstić information content (AvgIpc) is 3.37. The Hall–Kier alpha value is -2.51. The van der Waals surface area contributed by atoms with Gasteiger partial charge in [-0.15, -0.1) is 0 Å². The predicted octanol–water partition coefficient (Wildman–Crippen LogP) is 3.38. The maximum Gasteiger partial charge on any atom is 0.416 e. The summed E-state index contributed by atoms with van der Waals surface area (Å²) in [5, 5.41) is 2.54. The summed E-state index contributed by atoms with van der Waals surface area (Å²) >= 11 is 0. The molecule has 1 aliphatic carbocycles. The Labute approximate surface area is 142 Å². The molecule has 1 unspecified atom stereocenters. The Morgan fingerprint density at radius 3 is 2.48 bits per heavy atom. The number of rotatable bonds is 3. The molecule has 0 saturated heterocycles. The third kappa shape index (κ3) is 3.08. The number of urea groups is 1. The number of benzene rings is 1. The second-order valence-corrected chi connectivity index (χ2v) is 6.06. The van der Waals surface area contributed by atoms with E-state index in [1.54, 1.807) is 6.92 Å². The maximum atomic E-state index is 13.4. The van der Waals surface area contributed by atoms with Crippen LogP contribution in [0.4, 0.5) is 18.0 Å². The molecule has 3 rings (SSSR count). The number of carbonyl (C=O) groups is 2. The summed E-state index contributed by atoms with van der Waals surface area (Å²) in [7, 11) is 1.16. The summed E-state index contributed by atoms with van der Waals surface area (Å²) in [4.78, 5) is 26.1. The summed E-state index contributed by atoms with van der Waals surface area (Å²) in [6.07, 6.45) is -3.02. The molecule has 8 heteroatoms. The first-order valence-electron chi connectivity index (χ1n) is 7.80. The molecule has 0 radical (unpaired) electrons. The van der Waals surface area contributed by atoms with Crippen molar-refractivity contribution in [1.82, 2.24) is 10.2 Å². The fourth-order valence-corrected chi connectivity index (χ4v) is 3.14. The van der Waals surface area contributed by atoms with Crippen LogP contribution in [0.1, 0.15) is 36.9 Å². The molecule has 1 aliphatic heterocycles. The van der Waals surface area contributed by atoms with E-state index in [9.17, 15) is 22.8 Å². The molecular weight excluding hydrogens is 337 g/mol. The highest BCUT2D eigenvalue weighted by molar-refractivity contribution is 5.95. The Morgan fingerprint density at radius 2 is 1.92 bits per heavy atom. The highest BCUT2D eigenvalue weighted by atomic mass is 19.4. The van der Waals surface area contributed by atoms with Gasteiger partial charge in [-0.2, -0.15) is 13.2 Å². The largest absolute Gasteiger partial charge is 0.466 e. The van der Waals surface area contributed by atoms with Crippen molar-refractivity contribution in [1.29, 1.82) is 0 Å². The number of methoxy groups -OCH3 is 1. The van der Waals surface area contributed by atoms with E-state index in [0.29, 0.717) is 5.70 Å². The van der Waals surface area contributed by atoms with Crippen molar-refractivity contribution >= 4 is 12.0 Å². The van der Waals surface area contributed by atoms with E-state index in [0.717, 1.165) is 26.0 Å². The van der Waals surface area contributed by atoms with Gasteiger partial charge in [0.15, 0.2) is 0 Å².